The summed E-state index contributed by atoms with van der Waals surface area (Å²) < 4.78 is 5.66. The van der Waals surface area contributed by atoms with Crippen molar-refractivity contribution in [2.45, 2.75) is 57.8 Å². The lowest BCUT2D eigenvalue weighted by Gasteiger charge is -2.38. The van der Waals surface area contributed by atoms with Crippen molar-refractivity contribution in [3.8, 4) is 5.75 Å². The average molecular weight is 470 g/mol. The number of para-hydroxylation sites is 1. The molecule has 0 saturated carbocycles. The maximum atomic E-state index is 13.2. The Hall–Kier alpha value is -2.57. The van der Waals surface area contributed by atoms with Crippen LogP contribution in [0.3, 0.4) is 0 Å². The van der Waals surface area contributed by atoms with Gasteiger partial charge < -0.3 is 19.4 Å². The molecule has 186 valence electrons. The molecule has 1 atom stereocenters. The highest BCUT2D eigenvalue weighted by atomic mass is 16.5. The van der Waals surface area contributed by atoms with Crippen molar-refractivity contribution in [1.29, 1.82) is 0 Å². The minimum atomic E-state index is -0.134. The van der Waals surface area contributed by atoms with Crippen LogP contribution in [0, 0.1) is 11.8 Å². The Morgan fingerprint density at radius 3 is 2.03 bits per heavy atom. The van der Waals surface area contributed by atoms with Gasteiger partial charge in [0.1, 0.15) is 5.75 Å². The molecule has 0 aliphatic carbocycles. The van der Waals surface area contributed by atoms with Crippen LogP contribution < -0.4 is 4.74 Å². The summed E-state index contributed by atoms with van der Waals surface area (Å²) in [5.41, 5.74) is 0. The number of rotatable bonds is 6. The minimum Gasteiger partial charge on any atom is -0.493 e. The second-order valence-corrected chi connectivity index (χ2v) is 9.93. The van der Waals surface area contributed by atoms with Gasteiger partial charge in [-0.25, -0.2) is 0 Å². The molecule has 0 N–H and O–H groups in total. The third-order valence-electron chi connectivity index (χ3n) is 7.52. The van der Waals surface area contributed by atoms with Crippen molar-refractivity contribution >= 4 is 17.7 Å². The van der Waals surface area contributed by atoms with Crippen molar-refractivity contribution in [3.05, 3.63) is 30.3 Å². The van der Waals surface area contributed by atoms with Crippen LogP contribution in [0.2, 0.25) is 0 Å². The molecular weight excluding hydrogens is 430 g/mol. The number of amides is 3. The summed E-state index contributed by atoms with van der Waals surface area (Å²) in [7, 11) is 0. The molecule has 0 bridgehead atoms. The van der Waals surface area contributed by atoms with Gasteiger partial charge >= 0.3 is 0 Å². The van der Waals surface area contributed by atoms with Crippen LogP contribution in [-0.2, 0) is 14.4 Å². The fourth-order valence-corrected chi connectivity index (χ4v) is 5.49. The Kier molecular flexibility index (Phi) is 8.83. The second kappa shape index (κ2) is 12.2. The first kappa shape index (κ1) is 24.6. The molecule has 1 aromatic rings. The second-order valence-electron chi connectivity index (χ2n) is 9.93. The Balaban J connectivity index is 1.21. The molecule has 4 rings (SSSR count). The average Bonchev–Trinajstić information content (AvgIpc) is 3.18. The SMILES string of the molecule is O=C(CCOc1ccccc1)N1CCCC(C(=O)N2CCC(C(=O)N3CCCCCC3)CC2)C1. The van der Waals surface area contributed by atoms with Crippen molar-refractivity contribution in [1.82, 2.24) is 14.7 Å². The number of ether oxygens (including phenoxy) is 1. The van der Waals surface area contributed by atoms with Crippen molar-refractivity contribution in [3.63, 3.8) is 0 Å². The molecule has 3 heterocycles. The van der Waals surface area contributed by atoms with Gasteiger partial charge in [-0.05, 0) is 50.7 Å². The molecular formula is C27H39N3O4. The number of piperidine rings is 2. The van der Waals surface area contributed by atoms with E-state index in [-0.39, 0.29) is 23.7 Å². The van der Waals surface area contributed by atoms with E-state index in [2.05, 4.69) is 4.90 Å². The van der Waals surface area contributed by atoms with Gasteiger partial charge in [-0.3, -0.25) is 14.4 Å². The zero-order chi connectivity index (χ0) is 23.8. The van der Waals surface area contributed by atoms with Crippen molar-refractivity contribution < 1.29 is 19.1 Å². The van der Waals surface area contributed by atoms with Crippen molar-refractivity contribution in [2.75, 3.05) is 45.9 Å². The summed E-state index contributed by atoms with van der Waals surface area (Å²) in [5.74, 6) is 1.18. The Bertz CT molecular complexity index is 814. The predicted molar refractivity (Wildman–Crippen MR) is 130 cm³/mol. The topological polar surface area (TPSA) is 70.2 Å². The molecule has 0 spiro atoms. The Morgan fingerprint density at radius 2 is 1.32 bits per heavy atom. The lowest BCUT2D eigenvalue weighted by Crippen LogP contribution is -2.50. The molecule has 3 amide bonds. The lowest BCUT2D eigenvalue weighted by atomic mass is 9.92. The van der Waals surface area contributed by atoms with E-state index in [0.717, 1.165) is 57.4 Å². The third kappa shape index (κ3) is 6.51. The van der Waals surface area contributed by atoms with E-state index in [9.17, 15) is 14.4 Å². The summed E-state index contributed by atoms with van der Waals surface area (Å²) >= 11 is 0. The highest BCUT2D eigenvalue weighted by Crippen LogP contribution is 2.25. The smallest absolute Gasteiger partial charge is 0.227 e. The van der Waals surface area contributed by atoms with Gasteiger partial charge in [0.15, 0.2) is 0 Å². The maximum absolute atomic E-state index is 13.2. The lowest BCUT2D eigenvalue weighted by molar-refractivity contribution is -0.145. The van der Waals surface area contributed by atoms with E-state index in [4.69, 9.17) is 4.74 Å². The third-order valence-corrected chi connectivity index (χ3v) is 7.52. The van der Waals surface area contributed by atoms with Crippen LogP contribution in [-0.4, -0.2) is 78.3 Å². The summed E-state index contributed by atoms with van der Waals surface area (Å²) in [6, 6.07) is 9.51. The predicted octanol–water partition coefficient (Wildman–Crippen LogP) is 3.34. The monoisotopic (exact) mass is 469 g/mol. The molecule has 1 aromatic carbocycles. The van der Waals surface area contributed by atoms with E-state index < -0.39 is 0 Å². The largest absolute Gasteiger partial charge is 0.493 e. The number of nitrogens with zero attached hydrogens (tertiary/aromatic N) is 3. The van der Waals surface area contributed by atoms with Crippen LogP contribution in [0.5, 0.6) is 5.75 Å². The standard InChI is InChI=1S/C27H39N3O4/c31-25(14-20-34-24-10-4-3-5-11-24)30-17-8-9-23(21-30)27(33)29-18-12-22(13-19-29)26(32)28-15-6-1-2-7-16-28/h3-5,10-11,22-23H,1-2,6-9,12-21H2. The maximum Gasteiger partial charge on any atom is 0.227 e. The van der Waals surface area contributed by atoms with Gasteiger partial charge in [-0.15, -0.1) is 0 Å². The van der Waals surface area contributed by atoms with Gasteiger partial charge in [0.25, 0.3) is 0 Å². The Morgan fingerprint density at radius 1 is 0.706 bits per heavy atom. The van der Waals surface area contributed by atoms with Crippen LogP contribution in [0.4, 0.5) is 0 Å². The first-order valence-corrected chi connectivity index (χ1v) is 13.1. The first-order chi connectivity index (χ1) is 16.6. The summed E-state index contributed by atoms with van der Waals surface area (Å²) in [6.07, 6.45) is 8.17. The van der Waals surface area contributed by atoms with Crippen LogP contribution >= 0.6 is 0 Å². The number of carbonyl (C=O) groups is 3. The first-order valence-electron chi connectivity index (χ1n) is 13.1. The molecule has 3 saturated heterocycles. The van der Waals surface area contributed by atoms with Crippen LogP contribution in [0.15, 0.2) is 30.3 Å². The zero-order valence-electron chi connectivity index (χ0n) is 20.3. The van der Waals surface area contributed by atoms with Crippen molar-refractivity contribution in [2.24, 2.45) is 11.8 Å². The van der Waals surface area contributed by atoms with Crippen LogP contribution in [0.25, 0.3) is 0 Å². The van der Waals surface area contributed by atoms with Crippen LogP contribution in [0.1, 0.15) is 57.8 Å². The van der Waals surface area contributed by atoms with E-state index in [1.165, 1.54) is 12.8 Å². The quantitative estimate of drug-likeness (QED) is 0.641. The number of carbonyl (C=O) groups excluding carboxylic acids is 3. The number of hydrogen-bond acceptors (Lipinski definition) is 4. The molecule has 7 nitrogen and oxygen atoms in total. The van der Waals surface area contributed by atoms with Gasteiger partial charge in [0, 0.05) is 45.2 Å². The summed E-state index contributed by atoms with van der Waals surface area (Å²) in [6.45, 7) is 4.63. The molecule has 3 aliphatic rings. The van der Waals surface area contributed by atoms with E-state index in [1.807, 2.05) is 40.1 Å². The van der Waals surface area contributed by atoms with E-state index in [1.54, 1.807) is 0 Å². The van der Waals surface area contributed by atoms with Gasteiger partial charge in [0.2, 0.25) is 17.7 Å². The summed E-state index contributed by atoms with van der Waals surface area (Å²) in [5, 5.41) is 0. The highest BCUT2D eigenvalue weighted by molar-refractivity contribution is 5.82. The molecule has 3 aliphatic heterocycles. The molecule has 7 heteroatoms. The summed E-state index contributed by atoms with van der Waals surface area (Å²) in [4.78, 5) is 44.7. The highest BCUT2D eigenvalue weighted by Gasteiger charge is 2.35. The Labute approximate surface area is 203 Å². The minimum absolute atomic E-state index is 0.0511. The normalized spacial score (nSPS) is 22.2. The fraction of sp³-hybridized carbons (Fsp3) is 0.667. The molecule has 0 aromatic heterocycles. The molecule has 34 heavy (non-hydrogen) atoms. The number of benzene rings is 1. The van der Waals surface area contributed by atoms with E-state index >= 15 is 0 Å². The van der Waals surface area contributed by atoms with Gasteiger partial charge in [-0.1, -0.05) is 31.0 Å². The van der Waals surface area contributed by atoms with Gasteiger partial charge in [0.05, 0.1) is 18.9 Å². The number of hydrogen-bond donors (Lipinski definition) is 0. The fourth-order valence-electron chi connectivity index (χ4n) is 5.49. The van der Waals surface area contributed by atoms with E-state index in [0.29, 0.717) is 45.1 Å². The molecule has 0 radical (unpaired) electrons. The molecule has 1 unspecified atom stereocenters. The zero-order valence-corrected chi connectivity index (χ0v) is 20.3. The number of likely N-dealkylation sites (tertiary alicyclic amines) is 3. The molecule has 3 fully saturated rings. The van der Waals surface area contributed by atoms with Gasteiger partial charge in [-0.2, -0.15) is 0 Å².